The molecule has 10 heteroatoms. The molecule has 4 N–H and O–H groups in total. The van der Waals surface area contributed by atoms with Gasteiger partial charge >= 0.3 is 0 Å². The van der Waals surface area contributed by atoms with E-state index in [0.717, 1.165) is 51.6 Å². The molecule has 0 spiro atoms. The monoisotopic (exact) mass is 499 g/mol. The molecule has 0 radical (unpaired) electrons. The van der Waals surface area contributed by atoms with Crippen molar-refractivity contribution in [3.63, 3.8) is 0 Å². The number of aromatic nitrogens is 3. The number of pyridine rings is 1. The smallest absolute Gasteiger partial charge is 0.253 e. The number of amides is 1. The van der Waals surface area contributed by atoms with Crippen LogP contribution in [0.5, 0.6) is 0 Å². The van der Waals surface area contributed by atoms with Crippen molar-refractivity contribution in [3.8, 4) is 11.3 Å². The summed E-state index contributed by atoms with van der Waals surface area (Å²) in [4.78, 5) is 28.5. The minimum Gasteiger partial charge on any atom is -0.393 e. The van der Waals surface area contributed by atoms with E-state index in [-0.39, 0.29) is 30.6 Å². The lowest BCUT2D eigenvalue weighted by molar-refractivity contribution is 0.0916. The van der Waals surface area contributed by atoms with Gasteiger partial charge in [-0.25, -0.2) is 9.37 Å². The number of hydrogen-bond donors (Lipinski definition) is 4. The molecule has 2 aromatic rings. The van der Waals surface area contributed by atoms with Crippen LogP contribution in [0.3, 0.4) is 0 Å². The first-order chi connectivity index (χ1) is 17.4. The molecule has 9 nitrogen and oxygen atoms in total. The molecule has 4 rings (SSSR count). The van der Waals surface area contributed by atoms with Gasteiger partial charge in [0, 0.05) is 31.0 Å². The Hall–Kier alpha value is -2.85. The summed E-state index contributed by atoms with van der Waals surface area (Å²) in [6, 6.07) is 3.93. The van der Waals surface area contributed by atoms with Gasteiger partial charge in [-0.05, 0) is 77.2 Å². The number of anilines is 2. The highest BCUT2D eigenvalue weighted by atomic mass is 19.1. The van der Waals surface area contributed by atoms with Gasteiger partial charge in [-0.15, -0.1) is 0 Å². The van der Waals surface area contributed by atoms with Crippen molar-refractivity contribution >= 4 is 17.7 Å². The number of piperidine rings is 1. The number of aliphatic hydroxyl groups excluding tert-OH is 1. The maximum absolute atomic E-state index is 13.7. The SMILES string of the molecule is CC[C@H](F)CNc1ncc(-c2ccc(C(=O)NC3CCN(C)CC3)cn2)c(NC2CCC(O)CC2)n1. The number of halogens is 1. The largest absolute Gasteiger partial charge is 0.393 e. The van der Waals surface area contributed by atoms with Crippen LogP contribution in [-0.2, 0) is 0 Å². The Morgan fingerprint density at radius 1 is 1.11 bits per heavy atom. The number of alkyl halides is 1. The van der Waals surface area contributed by atoms with E-state index >= 15 is 0 Å². The fourth-order valence-corrected chi connectivity index (χ4v) is 4.63. The number of likely N-dealkylation sites (tertiary alicyclic amines) is 1. The Kier molecular flexibility index (Phi) is 9.03. The molecule has 1 saturated carbocycles. The average molecular weight is 500 g/mol. The molecule has 1 atom stereocenters. The second-order valence-corrected chi connectivity index (χ2v) is 9.98. The van der Waals surface area contributed by atoms with Gasteiger partial charge in [0.2, 0.25) is 5.95 Å². The van der Waals surface area contributed by atoms with Crippen molar-refractivity contribution in [3.05, 3.63) is 30.1 Å². The third-order valence-corrected chi connectivity index (χ3v) is 7.11. The molecule has 2 fully saturated rings. The number of nitrogens with zero attached hydrogens (tertiary/aromatic N) is 4. The molecule has 2 aliphatic rings. The third kappa shape index (κ3) is 7.10. The summed E-state index contributed by atoms with van der Waals surface area (Å²) in [5.41, 5.74) is 1.87. The summed E-state index contributed by atoms with van der Waals surface area (Å²) >= 11 is 0. The molecule has 1 aliphatic carbocycles. The molecular weight excluding hydrogens is 461 g/mol. The molecule has 3 heterocycles. The normalized spacial score (nSPS) is 22.1. The first-order valence-corrected chi connectivity index (χ1v) is 13.1. The van der Waals surface area contributed by atoms with Crippen LogP contribution < -0.4 is 16.0 Å². The lowest BCUT2D eigenvalue weighted by Gasteiger charge is -2.29. The number of carbonyl (C=O) groups is 1. The van der Waals surface area contributed by atoms with E-state index in [0.29, 0.717) is 35.0 Å². The average Bonchev–Trinajstić information content (AvgIpc) is 2.90. The van der Waals surface area contributed by atoms with Crippen molar-refractivity contribution in [2.24, 2.45) is 0 Å². The molecule has 0 unspecified atom stereocenters. The van der Waals surface area contributed by atoms with Gasteiger partial charge in [-0.1, -0.05) is 6.92 Å². The van der Waals surface area contributed by atoms with E-state index in [1.165, 1.54) is 0 Å². The molecule has 1 aliphatic heterocycles. The first-order valence-electron chi connectivity index (χ1n) is 13.1. The fraction of sp³-hybridized carbons (Fsp3) is 0.615. The summed E-state index contributed by atoms with van der Waals surface area (Å²) in [5.74, 6) is 0.842. The van der Waals surface area contributed by atoms with Crippen molar-refractivity contribution in [1.29, 1.82) is 0 Å². The summed E-state index contributed by atoms with van der Waals surface area (Å²) in [6.07, 6.45) is 7.48. The second kappa shape index (κ2) is 12.4. The van der Waals surface area contributed by atoms with Crippen LogP contribution in [0.25, 0.3) is 11.3 Å². The number of carbonyl (C=O) groups excluding carboxylic acids is 1. The highest BCUT2D eigenvalue weighted by molar-refractivity contribution is 5.94. The molecule has 1 saturated heterocycles. The van der Waals surface area contributed by atoms with Crippen LogP contribution in [-0.4, -0.2) is 81.9 Å². The van der Waals surface area contributed by atoms with Gasteiger partial charge < -0.3 is 26.0 Å². The van der Waals surface area contributed by atoms with Crippen molar-refractivity contribution in [2.45, 2.75) is 76.2 Å². The van der Waals surface area contributed by atoms with Gasteiger partial charge in [0.25, 0.3) is 5.91 Å². The topological polar surface area (TPSA) is 115 Å². The minimum absolute atomic E-state index is 0.116. The predicted octanol–water partition coefficient (Wildman–Crippen LogP) is 3.24. The minimum atomic E-state index is -0.973. The lowest BCUT2D eigenvalue weighted by Crippen LogP contribution is -2.43. The number of aliphatic hydroxyl groups is 1. The van der Waals surface area contributed by atoms with Gasteiger partial charge in [-0.2, -0.15) is 4.98 Å². The second-order valence-electron chi connectivity index (χ2n) is 9.98. The molecule has 1 amide bonds. The van der Waals surface area contributed by atoms with E-state index < -0.39 is 6.17 Å². The zero-order valence-corrected chi connectivity index (χ0v) is 21.2. The Balaban J connectivity index is 1.49. The summed E-state index contributed by atoms with van der Waals surface area (Å²) < 4.78 is 13.7. The summed E-state index contributed by atoms with van der Waals surface area (Å²) in [7, 11) is 2.09. The fourth-order valence-electron chi connectivity index (χ4n) is 4.63. The maximum atomic E-state index is 13.7. The molecule has 36 heavy (non-hydrogen) atoms. The Bertz CT molecular complexity index is 990. The van der Waals surface area contributed by atoms with Gasteiger partial charge in [-0.3, -0.25) is 9.78 Å². The van der Waals surface area contributed by atoms with Gasteiger partial charge in [0.15, 0.2) is 0 Å². The van der Waals surface area contributed by atoms with Crippen LogP contribution >= 0.6 is 0 Å². The number of nitrogens with one attached hydrogen (secondary N) is 3. The molecule has 0 aromatic carbocycles. The molecule has 2 aromatic heterocycles. The zero-order chi connectivity index (χ0) is 25.5. The Morgan fingerprint density at radius 3 is 2.53 bits per heavy atom. The van der Waals surface area contributed by atoms with E-state index in [9.17, 15) is 14.3 Å². The van der Waals surface area contributed by atoms with Crippen molar-refractivity contribution < 1.29 is 14.3 Å². The molecular formula is C26H38FN7O2. The lowest BCUT2D eigenvalue weighted by atomic mass is 9.93. The van der Waals surface area contributed by atoms with E-state index in [1.807, 2.05) is 0 Å². The van der Waals surface area contributed by atoms with Crippen molar-refractivity contribution in [1.82, 2.24) is 25.2 Å². The van der Waals surface area contributed by atoms with Crippen molar-refractivity contribution in [2.75, 3.05) is 37.3 Å². The number of hydrogen-bond acceptors (Lipinski definition) is 8. The molecule has 196 valence electrons. The number of rotatable bonds is 9. The molecule has 0 bridgehead atoms. The predicted molar refractivity (Wildman–Crippen MR) is 139 cm³/mol. The van der Waals surface area contributed by atoms with E-state index in [4.69, 9.17) is 0 Å². The standard InChI is InChI=1S/C26H38FN7O2/c1-3-18(27)15-29-26-30-16-22(24(33-26)31-19-5-7-21(35)8-6-19)23-9-4-17(14-28-23)25(36)32-20-10-12-34(2)13-11-20/h4,9,14,16,18-21,35H,3,5-8,10-13,15H2,1-2H3,(H,32,36)(H2,29,30,31,33)/t18-,19?,21?/m0/s1. The van der Waals surface area contributed by atoms with Crippen LogP contribution in [0, 0.1) is 0 Å². The maximum Gasteiger partial charge on any atom is 0.253 e. The van der Waals surface area contributed by atoms with E-state index in [1.54, 1.807) is 31.5 Å². The van der Waals surface area contributed by atoms with Crippen LogP contribution in [0.4, 0.5) is 16.2 Å². The summed E-state index contributed by atoms with van der Waals surface area (Å²) in [5, 5.41) is 19.4. The Labute approximate surface area is 212 Å². The third-order valence-electron chi connectivity index (χ3n) is 7.11. The van der Waals surface area contributed by atoms with Crippen LogP contribution in [0.15, 0.2) is 24.5 Å². The highest BCUT2D eigenvalue weighted by Gasteiger charge is 2.23. The van der Waals surface area contributed by atoms with Crippen LogP contribution in [0.2, 0.25) is 0 Å². The van der Waals surface area contributed by atoms with Gasteiger partial charge in [0.1, 0.15) is 12.0 Å². The highest BCUT2D eigenvalue weighted by Crippen LogP contribution is 2.29. The first kappa shape index (κ1) is 26.2. The quantitative estimate of drug-likeness (QED) is 0.416. The Morgan fingerprint density at radius 2 is 1.86 bits per heavy atom. The zero-order valence-electron chi connectivity index (χ0n) is 21.2. The van der Waals surface area contributed by atoms with E-state index in [2.05, 4.69) is 42.8 Å². The summed E-state index contributed by atoms with van der Waals surface area (Å²) in [6.45, 7) is 3.90. The van der Waals surface area contributed by atoms with Gasteiger partial charge in [0.05, 0.1) is 22.9 Å². The van der Waals surface area contributed by atoms with Crippen LogP contribution in [0.1, 0.15) is 62.2 Å².